The largest absolute Gasteiger partial charge is 0.501 e. The van der Waals surface area contributed by atoms with Gasteiger partial charge in [0.25, 0.3) is 0 Å². The van der Waals surface area contributed by atoms with Crippen LogP contribution in [-0.4, -0.2) is 22.6 Å². The van der Waals surface area contributed by atoms with Crippen LogP contribution in [0.15, 0.2) is 144 Å². The minimum absolute atomic E-state index is 0. The molecule has 3 heterocycles. The number of pyridine rings is 1. The molecule has 0 saturated heterocycles. The number of halogens is 1. The number of imidazole rings is 1. The predicted molar refractivity (Wildman–Crippen MR) is 238 cm³/mol. The molecule has 0 spiro atoms. The van der Waals surface area contributed by atoms with Gasteiger partial charge in [-0.1, -0.05) is 131 Å². The van der Waals surface area contributed by atoms with Crippen LogP contribution in [0.4, 0.5) is 4.39 Å². The smallest absolute Gasteiger partial charge is 0.131 e. The third-order valence-electron chi connectivity index (χ3n) is 10.6. The van der Waals surface area contributed by atoms with Crippen molar-refractivity contribution in [1.82, 2.24) is 14.5 Å². The molecule has 0 unspecified atom stereocenters. The summed E-state index contributed by atoms with van der Waals surface area (Å²) in [6.07, 6.45) is 2.02. The van der Waals surface area contributed by atoms with Crippen LogP contribution in [-0.2, 0) is 20.1 Å². The summed E-state index contributed by atoms with van der Waals surface area (Å²) in [6, 6.07) is 50.5. The molecule has 0 aliphatic carbocycles. The Morgan fingerprint density at radius 2 is 1.43 bits per heavy atom. The maximum Gasteiger partial charge on any atom is 0.131 e. The van der Waals surface area contributed by atoms with E-state index in [1.54, 1.807) is 12.1 Å². The molecule has 6 aromatic carbocycles. The van der Waals surface area contributed by atoms with E-state index in [0.717, 1.165) is 55.6 Å². The zero-order chi connectivity index (χ0) is 39.8. The van der Waals surface area contributed by atoms with Gasteiger partial charge < -0.3 is 14.0 Å². The van der Waals surface area contributed by atoms with Gasteiger partial charge in [0.05, 0.1) is 30.5 Å². The number of aromatic nitrogens is 3. The van der Waals surface area contributed by atoms with Gasteiger partial charge in [0, 0.05) is 42.9 Å². The monoisotopic (exact) mass is 956 g/mol. The second-order valence-corrected chi connectivity index (χ2v) is 21.3. The molecule has 0 aliphatic rings. The second-order valence-electron chi connectivity index (χ2n) is 16.2. The number of rotatable bonds is 7. The van der Waals surface area contributed by atoms with Crippen LogP contribution >= 0.6 is 0 Å². The van der Waals surface area contributed by atoms with Gasteiger partial charge in [0.2, 0.25) is 0 Å². The molecular formula is C51H46FIrN3OSi-2. The van der Waals surface area contributed by atoms with Crippen LogP contribution in [0.5, 0.6) is 0 Å². The van der Waals surface area contributed by atoms with Gasteiger partial charge in [-0.15, -0.1) is 54.1 Å². The molecule has 9 rings (SSSR count). The quantitative estimate of drug-likeness (QED) is 0.118. The van der Waals surface area contributed by atoms with Crippen molar-refractivity contribution in [1.29, 1.82) is 0 Å². The fraction of sp³-hybridized carbons (Fsp3) is 0.176. The van der Waals surface area contributed by atoms with Gasteiger partial charge in [-0.25, -0.2) is 4.39 Å². The minimum Gasteiger partial charge on any atom is -0.501 e. The van der Waals surface area contributed by atoms with E-state index >= 15 is 0 Å². The third kappa shape index (κ3) is 7.87. The fourth-order valence-corrected chi connectivity index (χ4v) is 8.55. The Morgan fingerprint density at radius 3 is 2.10 bits per heavy atom. The number of fused-ring (bicyclic) bond motifs is 4. The number of furan rings is 1. The van der Waals surface area contributed by atoms with Gasteiger partial charge in [-0.3, -0.25) is 4.98 Å². The molecule has 0 aliphatic heterocycles. The number of nitrogens with zero attached hydrogens (tertiary/aromatic N) is 3. The van der Waals surface area contributed by atoms with Crippen molar-refractivity contribution in [2.24, 2.45) is 0 Å². The average molecular weight is 956 g/mol. The first-order valence-corrected chi connectivity index (χ1v) is 23.2. The molecule has 0 fully saturated rings. The number of para-hydroxylation sites is 3. The third-order valence-corrected chi connectivity index (χ3v) is 12.6. The van der Waals surface area contributed by atoms with E-state index in [1.807, 2.05) is 72.9 Å². The Balaban J connectivity index is 0.000000254. The topological polar surface area (TPSA) is 43.9 Å². The first kappa shape index (κ1) is 40.7. The summed E-state index contributed by atoms with van der Waals surface area (Å²) in [5, 5.41) is 3.35. The van der Waals surface area contributed by atoms with Crippen LogP contribution in [0.3, 0.4) is 0 Å². The number of benzene rings is 6. The van der Waals surface area contributed by atoms with E-state index in [4.69, 9.17) is 9.40 Å². The molecule has 0 bridgehead atoms. The molecule has 293 valence electrons. The Kier molecular flexibility index (Phi) is 11.8. The van der Waals surface area contributed by atoms with E-state index in [0.29, 0.717) is 23.0 Å². The molecule has 0 atom stereocenters. The van der Waals surface area contributed by atoms with E-state index in [-0.39, 0.29) is 25.9 Å². The maximum absolute atomic E-state index is 14.6. The van der Waals surface area contributed by atoms with Crippen LogP contribution in [0.1, 0.15) is 50.7 Å². The van der Waals surface area contributed by atoms with E-state index < -0.39 is 8.07 Å². The van der Waals surface area contributed by atoms with Crippen molar-refractivity contribution in [3.63, 3.8) is 0 Å². The molecule has 7 heteroatoms. The summed E-state index contributed by atoms with van der Waals surface area (Å²) in [4.78, 5) is 9.70. The second kappa shape index (κ2) is 16.8. The molecular weight excluding hydrogens is 910 g/mol. The Morgan fingerprint density at radius 1 is 0.707 bits per heavy atom. The minimum atomic E-state index is -1.23. The number of hydrogen-bond donors (Lipinski definition) is 0. The molecule has 58 heavy (non-hydrogen) atoms. The summed E-state index contributed by atoms with van der Waals surface area (Å²) in [5.41, 5.74) is 11.3. The first-order valence-electron chi connectivity index (χ1n) is 19.7. The molecule has 3 aromatic heterocycles. The zero-order valence-electron chi connectivity index (χ0n) is 33.9. The zero-order valence-corrected chi connectivity index (χ0v) is 37.3. The van der Waals surface area contributed by atoms with Crippen LogP contribution < -0.4 is 5.19 Å². The summed E-state index contributed by atoms with van der Waals surface area (Å²) in [7, 11) is -1.23. The molecule has 4 nitrogen and oxygen atoms in total. The first-order chi connectivity index (χ1) is 27.5. The van der Waals surface area contributed by atoms with Crippen molar-refractivity contribution < 1.29 is 28.9 Å². The standard InChI is InChI=1S/C37H30FN2O.C14H16NSi.Ir/c1-22(2)25-12-9-13-26(23(3)4)35(25)40-33-18-8-7-17-32(33)39-37(40)30-15-10-14-29-28-20-19-24(21-34(28)41-36(29)30)27-11-5-6-16-31(27)38;1-16(2,3)13-9-10-14(15-11-13)12-7-5-4-6-8-12;/h5-14,16-23H,1-4H3;4-7,9-11H,1-3H3;/q2*-1;. The molecule has 0 amide bonds. The maximum atomic E-state index is 14.6. The molecule has 9 aromatic rings. The van der Waals surface area contributed by atoms with E-state index in [9.17, 15) is 4.39 Å². The predicted octanol–water partition coefficient (Wildman–Crippen LogP) is 13.5. The molecule has 1 radical (unpaired) electrons. The van der Waals surface area contributed by atoms with Crippen LogP contribution in [0.25, 0.3) is 72.4 Å². The molecule has 0 N–H and O–H groups in total. The van der Waals surface area contributed by atoms with Crippen molar-refractivity contribution >= 4 is 46.2 Å². The van der Waals surface area contributed by atoms with Crippen molar-refractivity contribution in [3.8, 4) is 39.5 Å². The Bertz CT molecular complexity index is 2830. The molecule has 0 saturated carbocycles. The average Bonchev–Trinajstić information content (AvgIpc) is 3.79. The summed E-state index contributed by atoms with van der Waals surface area (Å²) < 4.78 is 23.5. The van der Waals surface area contributed by atoms with Gasteiger partial charge in [-0.05, 0) is 63.7 Å². The van der Waals surface area contributed by atoms with Crippen LogP contribution in [0, 0.1) is 17.9 Å². The van der Waals surface area contributed by atoms with Crippen LogP contribution in [0.2, 0.25) is 19.6 Å². The summed E-state index contributed by atoms with van der Waals surface area (Å²) >= 11 is 0. The van der Waals surface area contributed by atoms with Gasteiger partial charge in [0.1, 0.15) is 11.4 Å². The number of hydrogen-bond acceptors (Lipinski definition) is 3. The summed E-state index contributed by atoms with van der Waals surface area (Å²) in [5.74, 6) is 1.18. The Labute approximate surface area is 355 Å². The SMILES string of the molecule is CC(C)c1cccc(C(C)C)c1-n1c(-c2[c-]ccc3c2oc2cc(-c4ccccc4F)ccc23)nc2ccccc21.C[Si](C)(C)c1ccc(-c2[c-]cccc2)nc1.[Ir]. The van der Waals surface area contributed by atoms with Crippen molar-refractivity contribution in [3.05, 3.63) is 169 Å². The van der Waals surface area contributed by atoms with Crippen molar-refractivity contribution in [2.45, 2.75) is 59.2 Å². The Hall–Kier alpha value is -5.46. The van der Waals surface area contributed by atoms with E-state index in [1.165, 1.54) is 28.1 Å². The fourth-order valence-electron chi connectivity index (χ4n) is 7.51. The van der Waals surface area contributed by atoms with E-state index in [2.05, 4.69) is 118 Å². The van der Waals surface area contributed by atoms with Gasteiger partial charge >= 0.3 is 0 Å². The summed E-state index contributed by atoms with van der Waals surface area (Å²) in [6.45, 7) is 15.9. The van der Waals surface area contributed by atoms with Gasteiger partial charge in [-0.2, -0.15) is 0 Å². The van der Waals surface area contributed by atoms with Crippen molar-refractivity contribution in [2.75, 3.05) is 0 Å². The normalized spacial score (nSPS) is 11.6. The van der Waals surface area contributed by atoms with Gasteiger partial charge in [0.15, 0.2) is 0 Å².